The molecule has 4 heteroatoms. The number of ether oxygens (including phenoxy) is 1. The highest BCUT2D eigenvalue weighted by Gasteiger charge is 2.37. The quantitative estimate of drug-likeness (QED) is 0.917. The molecule has 1 aromatic carbocycles. The Morgan fingerprint density at radius 1 is 1.50 bits per heavy atom. The van der Waals surface area contributed by atoms with Gasteiger partial charge in [0.1, 0.15) is 12.3 Å². The van der Waals surface area contributed by atoms with Crippen molar-refractivity contribution in [1.29, 1.82) is 0 Å². The van der Waals surface area contributed by atoms with Crippen molar-refractivity contribution in [1.82, 2.24) is 0 Å². The Balaban J connectivity index is 2.45. The molecule has 0 radical (unpaired) electrons. The van der Waals surface area contributed by atoms with E-state index in [1.807, 2.05) is 30.0 Å². The third-order valence-electron chi connectivity index (χ3n) is 3.96. The lowest BCUT2D eigenvalue weighted by Gasteiger charge is -2.46. The van der Waals surface area contributed by atoms with Crippen LogP contribution in [0.2, 0.25) is 0 Å². The summed E-state index contributed by atoms with van der Waals surface area (Å²) in [6.45, 7) is 9.02. The third kappa shape index (κ3) is 2.74. The molecule has 1 aliphatic heterocycles. The minimum atomic E-state index is -0.799. The molecule has 0 saturated carbocycles. The van der Waals surface area contributed by atoms with Crippen molar-refractivity contribution in [2.75, 3.05) is 18.1 Å². The molecule has 4 nitrogen and oxygen atoms in total. The van der Waals surface area contributed by atoms with Crippen LogP contribution in [0.3, 0.4) is 0 Å². The second kappa shape index (κ2) is 5.35. The predicted octanol–water partition coefficient (Wildman–Crippen LogP) is 3.26. The van der Waals surface area contributed by atoms with Crippen LogP contribution in [0.15, 0.2) is 18.2 Å². The highest BCUT2D eigenvalue weighted by Crippen LogP contribution is 2.44. The number of rotatable bonds is 4. The molecule has 0 aromatic heterocycles. The first-order valence-corrected chi connectivity index (χ1v) is 7.11. The average molecular weight is 277 g/mol. The van der Waals surface area contributed by atoms with Gasteiger partial charge in [0.05, 0.1) is 6.61 Å². The Morgan fingerprint density at radius 3 is 2.80 bits per heavy atom. The fourth-order valence-electron chi connectivity index (χ4n) is 3.16. The minimum absolute atomic E-state index is 0.0285. The zero-order valence-electron chi connectivity index (χ0n) is 12.6. The van der Waals surface area contributed by atoms with Gasteiger partial charge in [-0.05, 0) is 56.9 Å². The van der Waals surface area contributed by atoms with Gasteiger partial charge in [-0.2, -0.15) is 0 Å². The van der Waals surface area contributed by atoms with E-state index in [0.717, 1.165) is 17.9 Å². The molecule has 0 aliphatic carbocycles. The zero-order valence-corrected chi connectivity index (χ0v) is 12.6. The van der Waals surface area contributed by atoms with E-state index in [1.165, 1.54) is 5.56 Å². The maximum absolute atomic E-state index is 11.1. The van der Waals surface area contributed by atoms with Crippen molar-refractivity contribution < 1.29 is 14.6 Å². The van der Waals surface area contributed by atoms with Crippen LogP contribution in [0.4, 0.5) is 5.69 Å². The van der Waals surface area contributed by atoms with Crippen LogP contribution in [0.1, 0.15) is 45.6 Å². The van der Waals surface area contributed by atoms with Crippen LogP contribution in [0.25, 0.3) is 0 Å². The third-order valence-corrected chi connectivity index (χ3v) is 3.96. The second-order valence-electron chi connectivity index (χ2n) is 6.05. The maximum atomic E-state index is 11.1. The number of carbonyl (C=O) groups is 1. The van der Waals surface area contributed by atoms with E-state index in [2.05, 4.69) is 20.8 Å². The van der Waals surface area contributed by atoms with Gasteiger partial charge in [-0.25, -0.2) is 0 Å². The number of carboxylic acids is 1. The lowest BCUT2D eigenvalue weighted by atomic mass is 9.80. The molecule has 0 amide bonds. The molecule has 20 heavy (non-hydrogen) atoms. The number of fused-ring (bicyclic) bond motifs is 1. The van der Waals surface area contributed by atoms with Crippen LogP contribution >= 0.6 is 0 Å². The molecular formula is C16H23NO3. The maximum Gasteiger partial charge on any atom is 0.323 e. The molecule has 0 bridgehead atoms. The number of anilines is 1. The standard InChI is InChI=1S/C16H23NO3/c1-5-20-12-6-7-14-13(8-12)11(2)9-16(3,4)17(14)10-15(18)19/h6-8,11H,5,9-10H2,1-4H3,(H,18,19)/t11-/m0/s1. The molecule has 2 rings (SSSR count). The SMILES string of the molecule is CCOc1ccc2c(c1)[C@@H](C)CC(C)(C)N2CC(=O)O. The fourth-order valence-corrected chi connectivity index (χ4v) is 3.16. The van der Waals surface area contributed by atoms with Gasteiger partial charge < -0.3 is 14.7 Å². The molecule has 1 heterocycles. The molecule has 0 unspecified atom stereocenters. The Bertz CT molecular complexity index is 510. The van der Waals surface area contributed by atoms with Crippen molar-refractivity contribution in [3.63, 3.8) is 0 Å². The summed E-state index contributed by atoms with van der Waals surface area (Å²) in [7, 11) is 0. The fraction of sp³-hybridized carbons (Fsp3) is 0.562. The van der Waals surface area contributed by atoms with Gasteiger partial charge in [0.15, 0.2) is 0 Å². The first-order chi connectivity index (χ1) is 9.35. The molecule has 1 atom stereocenters. The summed E-state index contributed by atoms with van der Waals surface area (Å²) < 4.78 is 5.55. The van der Waals surface area contributed by atoms with Crippen LogP contribution in [0.5, 0.6) is 5.75 Å². The summed E-state index contributed by atoms with van der Waals surface area (Å²) in [5.74, 6) is 0.450. The van der Waals surface area contributed by atoms with E-state index >= 15 is 0 Å². The number of hydrogen-bond acceptors (Lipinski definition) is 3. The van der Waals surface area contributed by atoms with E-state index in [0.29, 0.717) is 12.5 Å². The lowest BCUT2D eigenvalue weighted by Crippen LogP contribution is -2.50. The minimum Gasteiger partial charge on any atom is -0.494 e. The van der Waals surface area contributed by atoms with Crippen molar-refractivity contribution in [2.24, 2.45) is 0 Å². The molecular weight excluding hydrogens is 254 g/mol. The number of benzene rings is 1. The van der Waals surface area contributed by atoms with Gasteiger partial charge in [-0.1, -0.05) is 6.92 Å². The summed E-state index contributed by atoms with van der Waals surface area (Å²) in [6.07, 6.45) is 0.933. The van der Waals surface area contributed by atoms with Crippen LogP contribution in [-0.4, -0.2) is 29.8 Å². The number of nitrogens with zero attached hydrogens (tertiary/aromatic N) is 1. The summed E-state index contributed by atoms with van der Waals surface area (Å²) in [6, 6.07) is 5.96. The van der Waals surface area contributed by atoms with E-state index < -0.39 is 5.97 Å². The molecule has 0 fully saturated rings. The number of aliphatic carboxylic acids is 1. The van der Waals surface area contributed by atoms with Gasteiger partial charge >= 0.3 is 5.97 Å². The lowest BCUT2D eigenvalue weighted by molar-refractivity contribution is -0.135. The van der Waals surface area contributed by atoms with Crippen molar-refractivity contribution in [3.05, 3.63) is 23.8 Å². The Labute approximate surface area is 120 Å². The van der Waals surface area contributed by atoms with Crippen LogP contribution in [0, 0.1) is 0 Å². The largest absolute Gasteiger partial charge is 0.494 e. The number of hydrogen-bond donors (Lipinski definition) is 1. The summed E-state index contributed by atoms with van der Waals surface area (Å²) in [4.78, 5) is 13.1. The molecule has 110 valence electrons. The van der Waals surface area contributed by atoms with Crippen molar-refractivity contribution in [3.8, 4) is 5.75 Å². The van der Waals surface area contributed by atoms with Crippen molar-refractivity contribution >= 4 is 11.7 Å². The van der Waals surface area contributed by atoms with E-state index in [4.69, 9.17) is 9.84 Å². The first kappa shape index (κ1) is 14.7. The summed E-state index contributed by atoms with van der Waals surface area (Å²) in [5, 5.41) is 9.16. The molecule has 1 aliphatic rings. The number of carboxylic acid groups (broad SMARTS) is 1. The summed E-state index contributed by atoms with van der Waals surface area (Å²) in [5.41, 5.74) is 2.04. The average Bonchev–Trinajstić information content (AvgIpc) is 2.34. The van der Waals surface area contributed by atoms with Gasteiger partial charge in [-0.3, -0.25) is 4.79 Å². The summed E-state index contributed by atoms with van der Waals surface area (Å²) >= 11 is 0. The van der Waals surface area contributed by atoms with Gasteiger partial charge in [0.2, 0.25) is 0 Å². The van der Waals surface area contributed by atoms with Gasteiger partial charge in [0, 0.05) is 11.2 Å². The topological polar surface area (TPSA) is 49.8 Å². The molecule has 1 N–H and O–H groups in total. The Hall–Kier alpha value is -1.71. The Kier molecular flexibility index (Phi) is 3.93. The zero-order chi connectivity index (χ0) is 14.9. The van der Waals surface area contributed by atoms with E-state index in [9.17, 15) is 4.79 Å². The predicted molar refractivity (Wildman–Crippen MR) is 79.7 cm³/mol. The van der Waals surface area contributed by atoms with Crippen LogP contribution in [-0.2, 0) is 4.79 Å². The van der Waals surface area contributed by atoms with Gasteiger partial charge in [0.25, 0.3) is 0 Å². The first-order valence-electron chi connectivity index (χ1n) is 7.11. The van der Waals surface area contributed by atoms with Crippen molar-refractivity contribution in [2.45, 2.75) is 45.6 Å². The highest BCUT2D eigenvalue weighted by molar-refractivity contribution is 5.76. The van der Waals surface area contributed by atoms with Gasteiger partial charge in [-0.15, -0.1) is 0 Å². The molecule has 0 saturated heterocycles. The smallest absolute Gasteiger partial charge is 0.323 e. The molecule has 1 aromatic rings. The normalized spacial score (nSPS) is 20.4. The second-order valence-corrected chi connectivity index (χ2v) is 6.05. The monoisotopic (exact) mass is 277 g/mol. The van der Waals surface area contributed by atoms with E-state index in [-0.39, 0.29) is 12.1 Å². The van der Waals surface area contributed by atoms with Crippen LogP contribution < -0.4 is 9.64 Å². The highest BCUT2D eigenvalue weighted by atomic mass is 16.5. The Morgan fingerprint density at radius 2 is 2.20 bits per heavy atom. The molecule has 0 spiro atoms. The van der Waals surface area contributed by atoms with E-state index in [1.54, 1.807) is 0 Å².